The predicted octanol–water partition coefficient (Wildman–Crippen LogP) is 3.06. The van der Waals surface area contributed by atoms with Gasteiger partial charge < -0.3 is 0 Å². The number of hydrogen-bond donors (Lipinski definition) is 1. The van der Waals surface area contributed by atoms with Crippen molar-refractivity contribution in [3.63, 3.8) is 0 Å². The van der Waals surface area contributed by atoms with Crippen molar-refractivity contribution < 1.29 is 5.11 Å². The van der Waals surface area contributed by atoms with Gasteiger partial charge >= 0.3 is 96.7 Å². The summed E-state index contributed by atoms with van der Waals surface area (Å²) in [6, 6.07) is 10.00. The molecule has 1 aromatic carbocycles. The minimum absolute atomic E-state index is 0.0339. The Labute approximate surface area is 96.6 Å². The van der Waals surface area contributed by atoms with Gasteiger partial charge in [0.2, 0.25) is 0 Å². The van der Waals surface area contributed by atoms with E-state index in [2.05, 4.69) is 6.92 Å². The van der Waals surface area contributed by atoms with Gasteiger partial charge in [0.25, 0.3) is 0 Å². The molecule has 1 aromatic rings. The first-order chi connectivity index (χ1) is 6.84. The van der Waals surface area contributed by atoms with Crippen LogP contribution in [0.1, 0.15) is 31.4 Å². The van der Waals surface area contributed by atoms with Crippen LogP contribution in [-0.2, 0) is 0 Å². The molecule has 0 aliphatic carbocycles. The van der Waals surface area contributed by atoms with Gasteiger partial charge in [-0.3, -0.25) is 0 Å². The van der Waals surface area contributed by atoms with E-state index in [0.717, 1.165) is 10.0 Å². The molecule has 1 N–H and O–H groups in total. The van der Waals surface area contributed by atoms with Gasteiger partial charge in [-0.15, -0.1) is 0 Å². The van der Waals surface area contributed by atoms with Crippen LogP contribution in [-0.4, -0.2) is 26.0 Å². The Hall–Kier alpha value is -0.0304. The van der Waals surface area contributed by atoms with Crippen LogP contribution in [0.3, 0.4) is 0 Å². The molecule has 0 bridgehead atoms. The monoisotopic (exact) mass is 308 g/mol. The van der Waals surface area contributed by atoms with Gasteiger partial charge in [0, 0.05) is 0 Å². The van der Waals surface area contributed by atoms with E-state index in [4.69, 9.17) is 0 Å². The van der Waals surface area contributed by atoms with Crippen LogP contribution in [0.15, 0.2) is 30.3 Å². The third-order valence-electron chi connectivity index (χ3n) is 2.10. The van der Waals surface area contributed by atoms with Crippen LogP contribution in [0.4, 0.5) is 0 Å². The molecular formula is C12H18OTe. The zero-order chi connectivity index (χ0) is 10.2. The van der Waals surface area contributed by atoms with Crippen molar-refractivity contribution in [1.82, 2.24) is 0 Å². The van der Waals surface area contributed by atoms with Gasteiger partial charge in [-0.1, -0.05) is 0 Å². The van der Waals surface area contributed by atoms with E-state index in [9.17, 15) is 5.11 Å². The van der Waals surface area contributed by atoms with Gasteiger partial charge in [-0.05, 0) is 0 Å². The quantitative estimate of drug-likeness (QED) is 0.632. The fourth-order valence-electron chi connectivity index (χ4n) is 1.21. The maximum atomic E-state index is 9.85. The van der Waals surface area contributed by atoms with Crippen molar-refractivity contribution in [3.05, 3.63) is 35.9 Å². The van der Waals surface area contributed by atoms with Gasteiger partial charge in [0.05, 0.1) is 0 Å². The fourth-order valence-corrected chi connectivity index (χ4v) is 4.28. The minimum atomic E-state index is -0.213. The van der Waals surface area contributed by atoms with Gasteiger partial charge in [0.1, 0.15) is 0 Å². The number of hydrogen-bond acceptors (Lipinski definition) is 1. The van der Waals surface area contributed by atoms with Crippen molar-refractivity contribution >= 4 is 20.9 Å². The van der Waals surface area contributed by atoms with E-state index in [0.29, 0.717) is 0 Å². The summed E-state index contributed by atoms with van der Waals surface area (Å²) < 4.78 is 2.39. The Morgan fingerprint density at radius 3 is 2.64 bits per heavy atom. The number of aliphatic hydroxyl groups is 1. The topological polar surface area (TPSA) is 20.2 Å². The molecule has 0 heterocycles. The number of rotatable bonds is 6. The summed E-state index contributed by atoms with van der Waals surface area (Å²) in [5.74, 6) is 0. The van der Waals surface area contributed by atoms with E-state index in [1.165, 1.54) is 17.3 Å². The van der Waals surface area contributed by atoms with Crippen LogP contribution >= 0.6 is 0 Å². The average molecular weight is 306 g/mol. The Balaban J connectivity index is 2.25. The molecule has 0 spiro atoms. The van der Waals surface area contributed by atoms with Crippen LogP contribution in [0, 0.1) is 0 Å². The van der Waals surface area contributed by atoms with Gasteiger partial charge in [-0.2, -0.15) is 0 Å². The van der Waals surface area contributed by atoms with Crippen molar-refractivity contribution in [2.75, 3.05) is 0 Å². The molecule has 78 valence electrons. The molecule has 0 radical (unpaired) electrons. The molecular weight excluding hydrogens is 288 g/mol. The van der Waals surface area contributed by atoms with E-state index in [1.54, 1.807) is 0 Å². The molecule has 0 aliphatic heterocycles. The van der Waals surface area contributed by atoms with Crippen molar-refractivity contribution in [3.8, 4) is 0 Å². The van der Waals surface area contributed by atoms with Crippen molar-refractivity contribution in [1.29, 1.82) is 0 Å². The molecule has 0 aromatic heterocycles. The average Bonchev–Trinajstić information content (AvgIpc) is 2.25. The Morgan fingerprint density at radius 2 is 2.00 bits per heavy atom. The first kappa shape index (κ1) is 12.0. The van der Waals surface area contributed by atoms with Gasteiger partial charge in [0.15, 0.2) is 0 Å². The first-order valence-corrected chi connectivity index (χ1v) is 8.45. The van der Waals surface area contributed by atoms with Crippen LogP contribution in [0.2, 0.25) is 8.94 Å². The Morgan fingerprint density at radius 1 is 1.29 bits per heavy atom. The van der Waals surface area contributed by atoms with E-state index in [1.807, 2.05) is 30.3 Å². The molecule has 0 amide bonds. The SMILES string of the molecule is CCCC[Te]CC(O)c1ccccc1. The molecule has 0 fully saturated rings. The van der Waals surface area contributed by atoms with Crippen LogP contribution < -0.4 is 0 Å². The molecule has 0 saturated carbocycles. The predicted molar refractivity (Wildman–Crippen MR) is 61.7 cm³/mol. The zero-order valence-corrected chi connectivity index (χ0v) is 11.0. The van der Waals surface area contributed by atoms with E-state index >= 15 is 0 Å². The zero-order valence-electron chi connectivity index (χ0n) is 8.65. The molecule has 1 atom stereocenters. The molecule has 1 unspecified atom stereocenters. The molecule has 14 heavy (non-hydrogen) atoms. The summed E-state index contributed by atoms with van der Waals surface area (Å²) in [7, 11) is 0. The summed E-state index contributed by atoms with van der Waals surface area (Å²) >= 11 is 0.0339. The normalized spacial score (nSPS) is 12.7. The third-order valence-corrected chi connectivity index (χ3v) is 5.32. The molecule has 1 nitrogen and oxygen atoms in total. The maximum absolute atomic E-state index is 9.85. The number of aliphatic hydroxyl groups excluding tert-OH is 1. The second-order valence-corrected chi connectivity index (χ2v) is 6.64. The van der Waals surface area contributed by atoms with Crippen molar-refractivity contribution in [2.24, 2.45) is 0 Å². The summed E-state index contributed by atoms with van der Waals surface area (Å²) in [5.41, 5.74) is 1.08. The third kappa shape index (κ3) is 4.46. The number of unbranched alkanes of at least 4 members (excludes halogenated alkanes) is 1. The van der Waals surface area contributed by atoms with E-state index < -0.39 is 0 Å². The number of benzene rings is 1. The second-order valence-electron chi connectivity index (χ2n) is 3.35. The Kier molecular flexibility index (Phi) is 6.27. The second kappa shape index (κ2) is 7.29. The molecule has 2 heteroatoms. The van der Waals surface area contributed by atoms with Crippen LogP contribution in [0.25, 0.3) is 0 Å². The van der Waals surface area contributed by atoms with Gasteiger partial charge in [-0.25, -0.2) is 0 Å². The first-order valence-electron chi connectivity index (χ1n) is 5.15. The molecule has 1 rings (SSSR count). The standard InChI is InChI=1S/C12H18OTe/c1-2-3-9-14-10-12(13)11-7-5-4-6-8-11/h4-8,12-13H,2-3,9-10H2,1H3. The van der Waals surface area contributed by atoms with E-state index in [-0.39, 0.29) is 27.0 Å². The summed E-state index contributed by atoms with van der Waals surface area (Å²) in [6.45, 7) is 2.22. The molecule has 0 saturated heterocycles. The fraction of sp³-hybridized carbons (Fsp3) is 0.500. The Bertz CT molecular complexity index is 235. The van der Waals surface area contributed by atoms with Crippen molar-refractivity contribution in [2.45, 2.75) is 34.8 Å². The summed E-state index contributed by atoms with van der Waals surface area (Å²) in [6.07, 6.45) is 2.41. The van der Waals surface area contributed by atoms with Crippen LogP contribution in [0.5, 0.6) is 0 Å². The molecule has 0 aliphatic rings. The summed E-state index contributed by atoms with van der Waals surface area (Å²) in [4.78, 5) is 0. The summed E-state index contributed by atoms with van der Waals surface area (Å²) in [5, 5.41) is 9.85.